The number of thioether (sulfide) groups is 1. The summed E-state index contributed by atoms with van der Waals surface area (Å²) in [7, 11) is 0. The third-order valence-electron chi connectivity index (χ3n) is 4.10. The van der Waals surface area contributed by atoms with Crippen LogP contribution in [0.4, 0.5) is 4.79 Å². The van der Waals surface area contributed by atoms with Crippen molar-refractivity contribution in [2.24, 2.45) is 0 Å². The third-order valence-corrected chi connectivity index (χ3v) is 5.75. The number of hydrogen-bond donors (Lipinski definition) is 0. The molecule has 1 heterocycles. The van der Waals surface area contributed by atoms with Gasteiger partial charge in [-0.05, 0) is 52.6 Å². The van der Waals surface area contributed by atoms with Gasteiger partial charge in [-0.3, -0.25) is 14.5 Å². The van der Waals surface area contributed by atoms with Crippen LogP contribution < -0.4 is 0 Å². The molecule has 26 heavy (non-hydrogen) atoms. The lowest BCUT2D eigenvalue weighted by Crippen LogP contribution is -2.27. The van der Waals surface area contributed by atoms with Crippen molar-refractivity contribution >= 4 is 52.2 Å². The topological polar surface area (TPSA) is 37.4 Å². The molecule has 134 valence electrons. The van der Waals surface area contributed by atoms with Crippen LogP contribution in [0, 0.1) is 0 Å². The summed E-state index contributed by atoms with van der Waals surface area (Å²) in [5.74, 6) is 0.154. The number of amides is 2. The summed E-state index contributed by atoms with van der Waals surface area (Å²) in [5, 5.41) is 0.553. The zero-order valence-corrected chi connectivity index (χ0v) is 16.7. The summed E-state index contributed by atoms with van der Waals surface area (Å²) >= 11 is 12.9. The van der Waals surface area contributed by atoms with E-state index in [1.807, 2.05) is 24.3 Å². The molecule has 1 aliphatic heterocycles. The Morgan fingerprint density at radius 3 is 2.35 bits per heavy atom. The molecule has 2 aromatic rings. The molecule has 1 aliphatic rings. The number of halogens is 2. The highest BCUT2D eigenvalue weighted by Crippen LogP contribution is 2.34. The third kappa shape index (κ3) is 4.14. The van der Waals surface area contributed by atoms with E-state index < -0.39 is 0 Å². The summed E-state index contributed by atoms with van der Waals surface area (Å²) < 4.78 is 0. The van der Waals surface area contributed by atoms with Crippen LogP contribution in [0.2, 0.25) is 10.0 Å². The first kappa shape index (κ1) is 19.0. The Balaban J connectivity index is 1.78. The van der Waals surface area contributed by atoms with E-state index in [1.165, 1.54) is 10.5 Å². The molecule has 0 saturated carbocycles. The second-order valence-corrected chi connectivity index (χ2v) is 8.15. The van der Waals surface area contributed by atoms with Crippen LogP contribution in [0.3, 0.4) is 0 Å². The minimum atomic E-state index is -0.293. The first-order chi connectivity index (χ1) is 12.3. The quantitative estimate of drug-likeness (QED) is 0.555. The molecule has 0 unspecified atom stereocenters. The second kappa shape index (κ2) is 7.87. The van der Waals surface area contributed by atoms with E-state index in [0.29, 0.717) is 20.9 Å². The molecule has 2 aromatic carbocycles. The lowest BCUT2D eigenvalue weighted by Gasteiger charge is -2.13. The van der Waals surface area contributed by atoms with Crippen LogP contribution in [0.15, 0.2) is 47.4 Å². The van der Waals surface area contributed by atoms with Gasteiger partial charge >= 0.3 is 0 Å². The van der Waals surface area contributed by atoms with E-state index >= 15 is 0 Å². The predicted octanol–water partition coefficient (Wildman–Crippen LogP) is 6.35. The molecule has 0 spiro atoms. The summed E-state index contributed by atoms with van der Waals surface area (Å²) in [6, 6.07) is 13.1. The molecule has 1 saturated heterocycles. The molecule has 3 nitrogen and oxygen atoms in total. The van der Waals surface area contributed by atoms with Gasteiger partial charge in [-0.25, -0.2) is 0 Å². The van der Waals surface area contributed by atoms with Gasteiger partial charge in [0.05, 0.1) is 21.5 Å². The maximum Gasteiger partial charge on any atom is 0.293 e. The molecule has 0 aromatic heterocycles. The molecular weight excluding hydrogens is 389 g/mol. The molecule has 2 amide bonds. The van der Waals surface area contributed by atoms with Crippen LogP contribution in [0.25, 0.3) is 6.08 Å². The first-order valence-electron chi connectivity index (χ1n) is 8.14. The van der Waals surface area contributed by atoms with Gasteiger partial charge in [-0.15, -0.1) is 0 Å². The predicted molar refractivity (Wildman–Crippen MR) is 109 cm³/mol. The maximum atomic E-state index is 12.6. The minimum Gasteiger partial charge on any atom is -0.268 e. The lowest BCUT2D eigenvalue weighted by molar-refractivity contribution is -0.123. The summed E-state index contributed by atoms with van der Waals surface area (Å²) in [6.07, 6.45) is 1.75. The van der Waals surface area contributed by atoms with Gasteiger partial charge in [0.2, 0.25) is 0 Å². The maximum absolute atomic E-state index is 12.6. The van der Waals surface area contributed by atoms with Crippen molar-refractivity contribution in [2.75, 3.05) is 0 Å². The highest BCUT2D eigenvalue weighted by Gasteiger charge is 2.35. The summed E-state index contributed by atoms with van der Waals surface area (Å²) in [4.78, 5) is 26.5. The highest BCUT2D eigenvalue weighted by atomic mass is 35.5. The van der Waals surface area contributed by atoms with Crippen LogP contribution in [0.5, 0.6) is 0 Å². The van der Waals surface area contributed by atoms with Crippen molar-refractivity contribution in [3.63, 3.8) is 0 Å². The second-order valence-electron chi connectivity index (χ2n) is 6.34. The number of carbonyl (C=O) groups is 2. The van der Waals surface area contributed by atoms with Crippen molar-refractivity contribution in [1.82, 2.24) is 4.90 Å². The lowest BCUT2D eigenvalue weighted by atomic mass is 10.0. The first-order valence-corrected chi connectivity index (χ1v) is 9.71. The number of carbonyl (C=O) groups excluding carboxylic acids is 2. The Kier molecular flexibility index (Phi) is 5.76. The number of nitrogens with zero attached hydrogens (tertiary/aromatic N) is 1. The smallest absolute Gasteiger partial charge is 0.268 e. The Hall–Kier alpha value is -1.75. The van der Waals surface area contributed by atoms with E-state index in [-0.39, 0.29) is 17.7 Å². The Labute approximate surface area is 167 Å². The van der Waals surface area contributed by atoms with Gasteiger partial charge in [0.25, 0.3) is 11.1 Å². The van der Waals surface area contributed by atoms with E-state index in [4.69, 9.17) is 23.2 Å². The average Bonchev–Trinajstić information content (AvgIpc) is 2.86. The Morgan fingerprint density at radius 1 is 1.04 bits per heavy atom. The van der Waals surface area contributed by atoms with E-state index in [0.717, 1.165) is 22.9 Å². The number of rotatable bonds is 4. The molecule has 0 bridgehead atoms. The van der Waals surface area contributed by atoms with Crippen molar-refractivity contribution in [3.05, 3.63) is 74.1 Å². The molecule has 3 rings (SSSR count). The SMILES string of the molecule is CC(C)c1ccc(/C=C2\SC(=O)N(Cc3ccc(Cl)c(Cl)c3)C2=O)cc1. The average molecular weight is 406 g/mol. The minimum absolute atomic E-state index is 0.172. The molecule has 1 fully saturated rings. The summed E-state index contributed by atoms with van der Waals surface area (Å²) in [6.45, 7) is 4.43. The Bertz CT molecular complexity index is 891. The van der Waals surface area contributed by atoms with Crippen LogP contribution in [-0.2, 0) is 11.3 Å². The fourth-order valence-corrected chi connectivity index (χ4v) is 3.74. The number of imide groups is 1. The number of benzene rings is 2. The monoisotopic (exact) mass is 405 g/mol. The van der Waals surface area contributed by atoms with Gasteiger partial charge in [0.1, 0.15) is 0 Å². The van der Waals surface area contributed by atoms with Gasteiger partial charge in [-0.2, -0.15) is 0 Å². The number of hydrogen-bond acceptors (Lipinski definition) is 3. The normalized spacial score (nSPS) is 16.2. The van der Waals surface area contributed by atoms with E-state index in [1.54, 1.807) is 24.3 Å². The van der Waals surface area contributed by atoms with Gasteiger partial charge in [-0.1, -0.05) is 67.4 Å². The van der Waals surface area contributed by atoms with Crippen molar-refractivity contribution < 1.29 is 9.59 Å². The van der Waals surface area contributed by atoms with Gasteiger partial charge < -0.3 is 0 Å². The molecule has 0 radical (unpaired) electrons. The van der Waals surface area contributed by atoms with E-state index in [2.05, 4.69) is 13.8 Å². The van der Waals surface area contributed by atoms with Crippen LogP contribution in [0.1, 0.15) is 36.5 Å². The Morgan fingerprint density at radius 2 is 1.73 bits per heavy atom. The van der Waals surface area contributed by atoms with Crippen molar-refractivity contribution in [3.8, 4) is 0 Å². The van der Waals surface area contributed by atoms with E-state index in [9.17, 15) is 9.59 Å². The molecule has 6 heteroatoms. The summed E-state index contributed by atoms with van der Waals surface area (Å²) in [5.41, 5.74) is 2.88. The molecular formula is C20H17Cl2NO2S. The fourth-order valence-electron chi connectivity index (χ4n) is 2.59. The fraction of sp³-hybridized carbons (Fsp3) is 0.200. The van der Waals surface area contributed by atoms with Crippen molar-refractivity contribution in [1.29, 1.82) is 0 Å². The van der Waals surface area contributed by atoms with Gasteiger partial charge in [0.15, 0.2) is 0 Å². The molecule has 0 aliphatic carbocycles. The van der Waals surface area contributed by atoms with Crippen molar-refractivity contribution in [2.45, 2.75) is 26.3 Å². The van der Waals surface area contributed by atoms with Gasteiger partial charge in [0, 0.05) is 0 Å². The zero-order valence-electron chi connectivity index (χ0n) is 14.3. The molecule has 0 N–H and O–H groups in total. The highest BCUT2D eigenvalue weighted by molar-refractivity contribution is 8.18. The van der Waals surface area contributed by atoms with Crippen LogP contribution >= 0.6 is 35.0 Å². The standard InChI is InChI=1S/C20H17Cl2NO2S/c1-12(2)15-6-3-13(4-7-15)10-18-19(24)23(20(25)26-18)11-14-5-8-16(21)17(22)9-14/h3-10,12H,11H2,1-2H3/b18-10-. The zero-order chi connectivity index (χ0) is 18.8. The largest absolute Gasteiger partial charge is 0.293 e. The molecule has 0 atom stereocenters. The van der Waals surface area contributed by atoms with Crippen LogP contribution in [-0.4, -0.2) is 16.0 Å².